The van der Waals surface area contributed by atoms with Gasteiger partial charge in [-0.2, -0.15) is 0 Å². The Bertz CT molecular complexity index is 998. The summed E-state index contributed by atoms with van der Waals surface area (Å²) in [5.41, 5.74) is 1.01. The molecule has 1 fully saturated rings. The first-order valence-corrected chi connectivity index (χ1v) is 12.0. The molecule has 0 spiro atoms. The van der Waals surface area contributed by atoms with Gasteiger partial charge in [0.25, 0.3) is 0 Å². The minimum atomic E-state index is -0.982. The third-order valence-corrected chi connectivity index (χ3v) is 6.25. The average Bonchev–Trinajstić information content (AvgIpc) is 3.20. The molecule has 4 atom stereocenters. The highest BCUT2D eigenvalue weighted by atomic mass is 35.5. The van der Waals surface area contributed by atoms with Crippen molar-refractivity contribution in [2.75, 3.05) is 13.2 Å². The molecule has 0 radical (unpaired) electrons. The van der Waals surface area contributed by atoms with E-state index in [2.05, 4.69) is 11.9 Å². The van der Waals surface area contributed by atoms with Crippen LogP contribution in [0.15, 0.2) is 12.1 Å². The van der Waals surface area contributed by atoms with Gasteiger partial charge in [0.05, 0.1) is 27.7 Å². The lowest BCUT2D eigenvalue weighted by atomic mass is 10.1. The van der Waals surface area contributed by atoms with Gasteiger partial charge in [-0.05, 0) is 30.2 Å². The van der Waals surface area contributed by atoms with Gasteiger partial charge in [0.15, 0.2) is 18.4 Å². The zero-order valence-corrected chi connectivity index (χ0v) is 21.0. The molecule has 0 bridgehead atoms. The number of aromatic nitrogens is 2. The third kappa shape index (κ3) is 6.31. The number of carbonyl (C=O) groups excluding carboxylic acids is 2. The Morgan fingerprint density at radius 3 is 2.36 bits per heavy atom. The molecule has 0 unspecified atom stereocenters. The Hall–Kier alpha value is -1.58. The van der Waals surface area contributed by atoms with Crippen molar-refractivity contribution in [3.8, 4) is 0 Å². The molecule has 2 aromatic rings. The fourth-order valence-electron chi connectivity index (χ4n) is 3.83. The van der Waals surface area contributed by atoms with Crippen LogP contribution in [-0.2, 0) is 28.5 Å². The van der Waals surface area contributed by atoms with Crippen molar-refractivity contribution in [1.29, 1.82) is 0 Å². The maximum Gasteiger partial charge on any atom is 0.303 e. The van der Waals surface area contributed by atoms with Gasteiger partial charge in [0, 0.05) is 20.5 Å². The van der Waals surface area contributed by atoms with E-state index in [9.17, 15) is 9.59 Å². The summed E-state index contributed by atoms with van der Waals surface area (Å²) in [4.78, 5) is 28.1. The number of benzene rings is 1. The van der Waals surface area contributed by atoms with Crippen LogP contribution < -0.4 is 0 Å². The average molecular weight is 522 g/mol. The predicted molar refractivity (Wildman–Crippen MR) is 125 cm³/mol. The molecule has 0 saturated carbocycles. The second-order valence-electron chi connectivity index (χ2n) is 7.85. The molecule has 33 heavy (non-hydrogen) atoms. The molecule has 1 aromatic carbocycles. The number of carbonyl (C=O) groups is 2. The van der Waals surface area contributed by atoms with Gasteiger partial charge in [0.1, 0.15) is 6.10 Å². The number of rotatable bonds is 10. The van der Waals surface area contributed by atoms with Crippen molar-refractivity contribution in [3.63, 3.8) is 0 Å². The summed E-state index contributed by atoms with van der Waals surface area (Å²) in [7, 11) is 0. The summed E-state index contributed by atoms with van der Waals surface area (Å²) in [5.74, 6) is -1.10. The van der Waals surface area contributed by atoms with E-state index in [1.54, 1.807) is 16.7 Å². The van der Waals surface area contributed by atoms with E-state index in [1.165, 1.54) is 13.8 Å². The van der Waals surface area contributed by atoms with Crippen LogP contribution in [0.4, 0.5) is 0 Å². The highest BCUT2D eigenvalue weighted by Gasteiger charge is 2.51. The zero-order valence-electron chi connectivity index (χ0n) is 18.7. The monoisotopic (exact) mass is 520 g/mol. The number of unbranched alkanes of at least 4 members (excludes halogenated alkanes) is 3. The quantitative estimate of drug-likeness (QED) is 0.307. The van der Waals surface area contributed by atoms with Crippen molar-refractivity contribution in [1.82, 2.24) is 9.55 Å². The van der Waals surface area contributed by atoms with Crippen molar-refractivity contribution >= 4 is 57.8 Å². The molecule has 182 valence electrons. The van der Waals surface area contributed by atoms with Gasteiger partial charge in [-0.1, -0.05) is 49.4 Å². The lowest BCUT2D eigenvalue weighted by Crippen LogP contribution is -2.40. The molecule has 1 saturated heterocycles. The van der Waals surface area contributed by atoms with Gasteiger partial charge < -0.3 is 18.9 Å². The third-order valence-electron chi connectivity index (χ3n) is 5.26. The van der Waals surface area contributed by atoms with E-state index >= 15 is 0 Å². The van der Waals surface area contributed by atoms with E-state index in [4.69, 9.17) is 53.8 Å². The standard InChI is InChI=1S/C22H27Cl3N2O6/c1-4-5-6-7-8-30-11-18-19(31-12(2)28)20(32-13(3)29)21(33-18)27-17-10-15(24)14(23)9-16(17)26-22(27)25/h9-10,18-21H,4-8,11H2,1-3H3/t18-,19-,20-,21-/m1/s1. The van der Waals surface area contributed by atoms with E-state index in [-0.39, 0.29) is 11.9 Å². The summed E-state index contributed by atoms with van der Waals surface area (Å²) in [6, 6.07) is 3.18. The van der Waals surface area contributed by atoms with Crippen LogP contribution >= 0.6 is 34.8 Å². The van der Waals surface area contributed by atoms with E-state index in [0.29, 0.717) is 27.7 Å². The minimum absolute atomic E-state index is 0.0770. The smallest absolute Gasteiger partial charge is 0.303 e. The van der Waals surface area contributed by atoms with Crippen LogP contribution in [0.25, 0.3) is 11.0 Å². The molecule has 8 nitrogen and oxygen atoms in total. The Kier molecular flexibility index (Phi) is 9.24. The van der Waals surface area contributed by atoms with Gasteiger partial charge in [-0.25, -0.2) is 4.98 Å². The number of esters is 2. The SMILES string of the molecule is CCCCCCOC[C@H]1O[C@@H](n2c(Cl)nc3cc(Cl)c(Cl)cc32)[C@H](OC(C)=O)[C@@H]1OC(C)=O. The first-order valence-electron chi connectivity index (χ1n) is 10.8. The second-order valence-corrected chi connectivity index (χ2v) is 9.01. The first kappa shape index (κ1) is 26.0. The molecule has 2 heterocycles. The van der Waals surface area contributed by atoms with E-state index < -0.39 is 36.5 Å². The van der Waals surface area contributed by atoms with Crippen molar-refractivity contribution in [2.45, 2.75) is 71.0 Å². The summed E-state index contributed by atoms with van der Waals surface area (Å²) in [6.07, 6.45) is 0.733. The summed E-state index contributed by atoms with van der Waals surface area (Å²) in [6.45, 7) is 5.37. The number of ether oxygens (including phenoxy) is 4. The van der Waals surface area contributed by atoms with E-state index in [0.717, 1.165) is 25.7 Å². The van der Waals surface area contributed by atoms with Crippen LogP contribution in [-0.4, -0.2) is 53.0 Å². The molecule has 0 amide bonds. The number of hydrogen-bond acceptors (Lipinski definition) is 7. The van der Waals surface area contributed by atoms with Crippen molar-refractivity contribution in [2.24, 2.45) is 0 Å². The molecule has 0 N–H and O–H groups in total. The van der Waals surface area contributed by atoms with Gasteiger partial charge >= 0.3 is 11.9 Å². The molecule has 1 aliphatic heterocycles. The molecule has 1 aliphatic rings. The maximum absolute atomic E-state index is 11.9. The molecule has 3 rings (SSSR count). The summed E-state index contributed by atoms with van der Waals surface area (Å²) < 4.78 is 24.6. The predicted octanol–water partition coefficient (Wildman–Crippen LogP) is 5.35. The Morgan fingerprint density at radius 1 is 1.03 bits per heavy atom. The van der Waals surface area contributed by atoms with Crippen molar-refractivity contribution in [3.05, 3.63) is 27.5 Å². The summed E-state index contributed by atoms with van der Waals surface area (Å²) in [5, 5.41) is 0.696. The minimum Gasteiger partial charge on any atom is -0.456 e. The number of nitrogens with zero attached hydrogens (tertiary/aromatic N) is 2. The van der Waals surface area contributed by atoms with Gasteiger partial charge in [-0.3, -0.25) is 14.2 Å². The molecule has 0 aliphatic carbocycles. The van der Waals surface area contributed by atoms with Gasteiger partial charge in [-0.15, -0.1) is 0 Å². The Labute approximate surface area is 207 Å². The largest absolute Gasteiger partial charge is 0.456 e. The van der Waals surface area contributed by atoms with Crippen LogP contribution in [0.3, 0.4) is 0 Å². The van der Waals surface area contributed by atoms with Crippen LogP contribution in [0, 0.1) is 0 Å². The zero-order chi connectivity index (χ0) is 24.1. The number of halogens is 3. The lowest BCUT2D eigenvalue weighted by Gasteiger charge is -2.24. The fraction of sp³-hybridized carbons (Fsp3) is 0.591. The van der Waals surface area contributed by atoms with Crippen LogP contribution in [0.2, 0.25) is 15.3 Å². The van der Waals surface area contributed by atoms with Crippen molar-refractivity contribution < 1.29 is 28.5 Å². The van der Waals surface area contributed by atoms with Crippen LogP contribution in [0.1, 0.15) is 52.7 Å². The van der Waals surface area contributed by atoms with Gasteiger partial charge in [0.2, 0.25) is 5.28 Å². The fourth-order valence-corrected chi connectivity index (χ4v) is 4.43. The number of fused-ring (bicyclic) bond motifs is 1. The van der Waals surface area contributed by atoms with Crippen LogP contribution in [0.5, 0.6) is 0 Å². The Balaban J connectivity index is 1.91. The maximum atomic E-state index is 11.9. The second kappa shape index (κ2) is 11.7. The highest BCUT2D eigenvalue weighted by Crippen LogP contribution is 2.39. The molecule has 1 aromatic heterocycles. The molecule has 11 heteroatoms. The topological polar surface area (TPSA) is 88.9 Å². The Morgan fingerprint density at radius 2 is 1.70 bits per heavy atom. The first-order chi connectivity index (χ1) is 15.7. The molecular weight excluding hydrogens is 495 g/mol. The number of hydrogen-bond donors (Lipinski definition) is 0. The highest BCUT2D eigenvalue weighted by molar-refractivity contribution is 6.42. The lowest BCUT2D eigenvalue weighted by molar-refractivity contribution is -0.165. The number of imidazole rings is 1. The normalized spacial score (nSPS) is 22.6. The summed E-state index contributed by atoms with van der Waals surface area (Å²) >= 11 is 18.8. The van der Waals surface area contributed by atoms with E-state index in [1.807, 2.05) is 0 Å². The molecular formula is C22H27Cl3N2O6.